The molecular formula is C20H24N2O2. The zero-order chi connectivity index (χ0) is 17.7. The number of benzene rings is 1. The Morgan fingerprint density at radius 3 is 2.54 bits per heavy atom. The van der Waals surface area contributed by atoms with Crippen LogP contribution in [-0.4, -0.2) is 16.7 Å². The minimum atomic E-state index is -0.248. The maximum absolute atomic E-state index is 12.5. The van der Waals surface area contributed by atoms with Crippen LogP contribution in [0.1, 0.15) is 59.3 Å². The second-order valence-corrected chi connectivity index (χ2v) is 6.02. The molecule has 0 aliphatic rings. The van der Waals surface area contributed by atoms with Crippen LogP contribution in [0.2, 0.25) is 0 Å². The fourth-order valence-electron chi connectivity index (χ4n) is 2.52. The zero-order valence-electron chi connectivity index (χ0n) is 14.7. The molecule has 2 rings (SSSR count). The van der Waals surface area contributed by atoms with E-state index in [4.69, 9.17) is 0 Å². The molecule has 1 amide bonds. The van der Waals surface area contributed by atoms with E-state index in [1.807, 2.05) is 52.0 Å². The third kappa shape index (κ3) is 4.07. The van der Waals surface area contributed by atoms with Gasteiger partial charge in [0.05, 0.1) is 0 Å². The first-order valence-corrected chi connectivity index (χ1v) is 8.38. The van der Waals surface area contributed by atoms with Gasteiger partial charge in [-0.25, -0.2) is 4.98 Å². The molecule has 1 unspecified atom stereocenters. The number of anilines is 1. The average molecular weight is 324 g/mol. The molecule has 0 saturated carbocycles. The van der Waals surface area contributed by atoms with E-state index in [1.54, 1.807) is 12.1 Å². The number of hydrogen-bond donors (Lipinski definition) is 1. The summed E-state index contributed by atoms with van der Waals surface area (Å²) < 4.78 is 0. The number of amides is 1. The van der Waals surface area contributed by atoms with E-state index in [0.29, 0.717) is 11.4 Å². The summed E-state index contributed by atoms with van der Waals surface area (Å²) in [6, 6.07) is 10.8. The van der Waals surface area contributed by atoms with Crippen LogP contribution < -0.4 is 5.32 Å². The van der Waals surface area contributed by atoms with Crippen LogP contribution in [0.25, 0.3) is 0 Å². The van der Waals surface area contributed by atoms with Gasteiger partial charge in [0.2, 0.25) is 0 Å². The van der Waals surface area contributed by atoms with Crippen LogP contribution >= 0.6 is 0 Å². The highest BCUT2D eigenvalue weighted by Crippen LogP contribution is 2.21. The van der Waals surface area contributed by atoms with Gasteiger partial charge in [-0.15, -0.1) is 0 Å². The molecular weight excluding hydrogens is 300 g/mol. The average Bonchev–Trinajstić information content (AvgIpc) is 2.60. The lowest BCUT2D eigenvalue weighted by Crippen LogP contribution is -2.16. The first kappa shape index (κ1) is 17.9. The summed E-state index contributed by atoms with van der Waals surface area (Å²) in [7, 11) is 0. The highest BCUT2D eigenvalue weighted by Gasteiger charge is 2.17. The van der Waals surface area contributed by atoms with Crippen LogP contribution in [0.3, 0.4) is 0 Å². The van der Waals surface area contributed by atoms with Gasteiger partial charge < -0.3 is 5.32 Å². The van der Waals surface area contributed by atoms with E-state index in [-0.39, 0.29) is 17.6 Å². The Hall–Kier alpha value is -2.49. The van der Waals surface area contributed by atoms with Gasteiger partial charge in [-0.05, 0) is 55.7 Å². The van der Waals surface area contributed by atoms with Crippen molar-refractivity contribution in [1.82, 2.24) is 4.98 Å². The van der Waals surface area contributed by atoms with Crippen LogP contribution in [0.4, 0.5) is 5.69 Å². The molecule has 126 valence electrons. The van der Waals surface area contributed by atoms with Gasteiger partial charge in [-0.3, -0.25) is 9.59 Å². The molecule has 0 aliphatic carbocycles. The number of nitrogens with one attached hydrogen (secondary N) is 1. The van der Waals surface area contributed by atoms with E-state index >= 15 is 0 Å². The number of Topliss-reactive ketones (excluding diaryl/α,β-unsaturated/α-hetero) is 1. The van der Waals surface area contributed by atoms with Crippen molar-refractivity contribution in [2.24, 2.45) is 5.92 Å². The molecule has 0 radical (unpaired) electrons. The summed E-state index contributed by atoms with van der Waals surface area (Å²) in [5, 5.41) is 2.86. The summed E-state index contributed by atoms with van der Waals surface area (Å²) in [5.74, 6) is -0.0819. The van der Waals surface area contributed by atoms with Gasteiger partial charge in [0.15, 0.2) is 5.78 Å². The number of rotatable bonds is 6. The number of aromatic nitrogens is 1. The van der Waals surface area contributed by atoms with E-state index in [2.05, 4.69) is 10.3 Å². The lowest BCUT2D eigenvalue weighted by Gasteiger charge is -2.13. The lowest BCUT2D eigenvalue weighted by atomic mass is 9.92. The molecule has 2 aromatic rings. The molecule has 1 aromatic heterocycles. The van der Waals surface area contributed by atoms with Gasteiger partial charge in [0.25, 0.3) is 5.91 Å². The van der Waals surface area contributed by atoms with Gasteiger partial charge in [-0.1, -0.05) is 26.8 Å². The molecule has 4 nitrogen and oxygen atoms in total. The molecule has 24 heavy (non-hydrogen) atoms. The Labute approximate surface area is 143 Å². The minimum Gasteiger partial charge on any atom is -0.321 e. The molecule has 1 N–H and O–H groups in total. The predicted molar refractivity (Wildman–Crippen MR) is 96.5 cm³/mol. The largest absolute Gasteiger partial charge is 0.321 e. The highest BCUT2D eigenvalue weighted by molar-refractivity contribution is 6.04. The number of aryl methyl sites for hydroxylation is 2. The Morgan fingerprint density at radius 1 is 1.17 bits per heavy atom. The Bertz CT molecular complexity index is 753. The van der Waals surface area contributed by atoms with Crippen LogP contribution in [0.5, 0.6) is 0 Å². The van der Waals surface area contributed by atoms with Crippen molar-refractivity contribution in [1.29, 1.82) is 0 Å². The number of pyridine rings is 1. The molecule has 0 spiro atoms. The first-order chi connectivity index (χ1) is 11.5. The molecule has 0 aliphatic heterocycles. The molecule has 0 saturated heterocycles. The third-order valence-corrected chi connectivity index (χ3v) is 4.19. The van der Waals surface area contributed by atoms with Gasteiger partial charge >= 0.3 is 0 Å². The first-order valence-electron chi connectivity index (χ1n) is 8.38. The minimum absolute atomic E-state index is 0.00670. The maximum Gasteiger partial charge on any atom is 0.274 e. The second-order valence-electron chi connectivity index (χ2n) is 6.02. The standard InChI is InChI=1S/C20H24N2O2/c1-5-13(3)19(23)17-11-10-16(12-15(17)6-2)22-20(24)18-9-7-8-14(4)21-18/h7-13H,5-6H2,1-4H3,(H,22,24). The quantitative estimate of drug-likeness (QED) is 0.799. The topological polar surface area (TPSA) is 59.1 Å². The van der Waals surface area contributed by atoms with E-state index in [0.717, 1.165) is 29.7 Å². The Morgan fingerprint density at radius 2 is 1.92 bits per heavy atom. The SMILES string of the molecule is CCc1cc(NC(=O)c2cccc(C)n2)ccc1C(=O)C(C)CC. The van der Waals surface area contributed by atoms with E-state index in [1.165, 1.54) is 0 Å². The summed E-state index contributed by atoms with van der Waals surface area (Å²) >= 11 is 0. The zero-order valence-corrected chi connectivity index (χ0v) is 14.7. The number of nitrogens with zero attached hydrogens (tertiary/aromatic N) is 1. The monoisotopic (exact) mass is 324 g/mol. The Kier molecular flexibility index (Phi) is 5.85. The summed E-state index contributed by atoms with van der Waals surface area (Å²) in [6.07, 6.45) is 1.56. The third-order valence-electron chi connectivity index (χ3n) is 4.19. The number of carbonyl (C=O) groups is 2. The van der Waals surface area contributed by atoms with E-state index in [9.17, 15) is 9.59 Å². The van der Waals surface area contributed by atoms with Gasteiger partial charge in [0.1, 0.15) is 5.69 Å². The van der Waals surface area contributed by atoms with Crippen molar-refractivity contribution in [3.05, 3.63) is 58.9 Å². The molecule has 4 heteroatoms. The number of carbonyl (C=O) groups excluding carboxylic acids is 2. The van der Waals surface area contributed by atoms with Crippen molar-refractivity contribution in [2.45, 2.75) is 40.5 Å². The van der Waals surface area contributed by atoms with Crippen molar-refractivity contribution in [3.8, 4) is 0 Å². The second kappa shape index (κ2) is 7.86. The molecule has 1 aromatic carbocycles. The fourth-order valence-corrected chi connectivity index (χ4v) is 2.52. The number of hydrogen-bond acceptors (Lipinski definition) is 3. The molecule has 0 fully saturated rings. The number of ketones is 1. The normalized spacial score (nSPS) is 11.8. The van der Waals surface area contributed by atoms with Gasteiger partial charge in [0, 0.05) is 22.9 Å². The van der Waals surface area contributed by atoms with Gasteiger partial charge in [-0.2, -0.15) is 0 Å². The molecule has 1 heterocycles. The van der Waals surface area contributed by atoms with Crippen molar-refractivity contribution >= 4 is 17.4 Å². The van der Waals surface area contributed by atoms with Crippen molar-refractivity contribution in [3.63, 3.8) is 0 Å². The van der Waals surface area contributed by atoms with Crippen LogP contribution in [-0.2, 0) is 6.42 Å². The summed E-state index contributed by atoms with van der Waals surface area (Å²) in [5.41, 5.74) is 3.56. The maximum atomic E-state index is 12.5. The van der Waals surface area contributed by atoms with Crippen molar-refractivity contribution < 1.29 is 9.59 Å². The summed E-state index contributed by atoms with van der Waals surface area (Å²) in [4.78, 5) is 29.0. The van der Waals surface area contributed by atoms with Crippen LogP contribution in [0.15, 0.2) is 36.4 Å². The highest BCUT2D eigenvalue weighted by atomic mass is 16.2. The van der Waals surface area contributed by atoms with E-state index < -0.39 is 0 Å². The molecule has 0 bridgehead atoms. The smallest absolute Gasteiger partial charge is 0.274 e. The fraction of sp³-hybridized carbons (Fsp3) is 0.350. The molecule has 1 atom stereocenters. The lowest BCUT2D eigenvalue weighted by molar-refractivity contribution is 0.0926. The van der Waals surface area contributed by atoms with Crippen LogP contribution in [0, 0.1) is 12.8 Å². The Balaban J connectivity index is 2.23. The predicted octanol–water partition coefficient (Wildman–Crippen LogP) is 4.43. The summed E-state index contributed by atoms with van der Waals surface area (Å²) in [6.45, 7) is 7.82. The van der Waals surface area contributed by atoms with Crippen molar-refractivity contribution in [2.75, 3.05) is 5.32 Å².